The summed E-state index contributed by atoms with van der Waals surface area (Å²) in [5.74, 6) is -5.02. The van der Waals surface area contributed by atoms with E-state index in [1.54, 1.807) is 0 Å². The maximum absolute atomic E-state index is 10.3. The summed E-state index contributed by atoms with van der Waals surface area (Å²) in [7, 11) is 0. The van der Waals surface area contributed by atoms with Crippen LogP contribution in [-0.4, -0.2) is 54.9 Å². The minimum atomic E-state index is -2.74. The van der Waals surface area contributed by atoms with Crippen molar-refractivity contribution in [3.8, 4) is 0 Å². The number of aliphatic carboxylic acids is 3. The van der Waals surface area contributed by atoms with Crippen molar-refractivity contribution in [1.82, 2.24) is 0 Å². The molecule has 100 valence electrons. The van der Waals surface area contributed by atoms with Gasteiger partial charge in [0.2, 0.25) is 0 Å². The van der Waals surface area contributed by atoms with Crippen LogP contribution in [0, 0.1) is 0 Å². The number of carboxylic acid groups (broad SMARTS) is 3. The third-order valence-electron chi connectivity index (χ3n) is 1.29. The molecule has 0 rings (SSSR count). The summed E-state index contributed by atoms with van der Waals surface area (Å²) in [6.07, 6.45) is -2.29. The Balaban J connectivity index is -0.0000000720. The van der Waals surface area contributed by atoms with Crippen LogP contribution in [-0.2, 0) is 14.4 Å². The van der Waals surface area contributed by atoms with Gasteiger partial charge in [0.1, 0.15) is 0 Å². The molecule has 0 spiro atoms. The predicted molar refractivity (Wildman–Crippen MR) is 52.2 cm³/mol. The summed E-state index contributed by atoms with van der Waals surface area (Å²) in [6, 6.07) is 0. The molecule has 0 saturated heterocycles. The van der Waals surface area contributed by atoms with E-state index in [-0.39, 0.29) is 49.4 Å². The summed E-state index contributed by atoms with van der Waals surface area (Å²) < 4.78 is 0. The van der Waals surface area contributed by atoms with Gasteiger partial charge in [-0.25, -0.2) is 4.79 Å². The van der Waals surface area contributed by atoms with Crippen molar-refractivity contribution in [3.05, 3.63) is 0 Å². The van der Waals surface area contributed by atoms with Crippen LogP contribution >= 0.6 is 0 Å². The summed E-state index contributed by atoms with van der Waals surface area (Å²) in [5.41, 5.74) is -2.74. The molecule has 0 atom stereocenters. The fourth-order valence-electron chi connectivity index (χ4n) is 0.714. The fourth-order valence-corrected chi connectivity index (χ4v) is 0.714. The zero-order valence-corrected chi connectivity index (χ0v) is 10.4. The van der Waals surface area contributed by atoms with E-state index in [0.717, 1.165) is 0 Å². The molecule has 8 N–H and O–H groups in total. The van der Waals surface area contributed by atoms with Gasteiger partial charge in [0, 0.05) is 0 Å². The molecule has 9 nitrogen and oxygen atoms in total. The maximum atomic E-state index is 10.3. The van der Waals surface area contributed by atoms with E-state index in [2.05, 4.69) is 0 Å². The first kappa shape index (κ1) is 29.9. The van der Waals surface area contributed by atoms with Crippen molar-refractivity contribution in [3.63, 3.8) is 0 Å². The van der Waals surface area contributed by atoms with E-state index >= 15 is 0 Å². The topological polar surface area (TPSA) is 195 Å². The first-order valence-electron chi connectivity index (χ1n) is 3.17. The molecule has 0 fully saturated rings. The van der Waals surface area contributed by atoms with Gasteiger partial charge < -0.3 is 32.8 Å². The van der Waals surface area contributed by atoms with Gasteiger partial charge >= 0.3 is 47.5 Å². The van der Waals surface area contributed by atoms with E-state index < -0.39 is 36.4 Å². The Kier molecular flexibility index (Phi) is 20.7. The van der Waals surface area contributed by atoms with E-state index in [1.165, 1.54) is 0 Å². The second kappa shape index (κ2) is 11.8. The molecule has 0 saturated carbocycles. The number of aliphatic hydroxyl groups is 1. The van der Waals surface area contributed by atoms with Crippen molar-refractivity contribution in [2.24, 2.45) is 0 Å². The van der Waals surface area contributed by atoms with Crippen LogP contribution in [0.25, 0.3) is 0 Å². The van der Waals surface area contributed by atoms with Gasteiger partial charge in [0.25, 0.3) is 0 Å². The van der Waals surface area contributed by atoms with Crippen LogP contribution in [0.5, 0.6) is 0 Å². The second-order valence-electron chi connectivity index (χ2n) is 2.48. The minimum absolute atomic E-state index is 0. The predicted octanol–water partition coefficient (Wildman–Crippen LogP) is -5.15. The Morgan fingerprint density at radius 3 is 1.29 bits per heavy atom. The zero-order valence-electron chi connectivity index (χ0n) is 9.43. The molecule has 0 bridgehead atoms. The summed E-state index contributed by atoms with van der Waals surface area (Å²) >= 11 is 0. The average Bonchev–Trinajstić information content (AvgIpc) is 1.82. The third kappa shape index (κ3) is 11.6. The molecule has 17 heavy (non-hydrogen) atoms. The molecular formula is C7H17NaO9. The van der Waals surface area contributed by atoms with Gasteiger partial charge in [-0.1, -0.05) is 7.43 Å². The normalized spacial score (nSPS) is 8.29. The largest absolute Gasteiger partial charge is 1.00 e. The second-order valence-corrected chi connectivity index (χ2v) is 2.48. The SMILES string of the molecule is C.O.O.O=C(O)CC(O)(CC(=O)O)C(=O)O.[H-].[Na+]. The van der Waals surface area contributed by atoms with Crippen molar-refractivity contribution < 1.29 is 76.7 Å². The van der Waals surface area contributed by atoms with Crippen molar-refractivity contribution in [2.45, 2.75) is 25.9 Å². The van der Waals surface area contributed by atoms with Crippen LogP contribution in [0.4, 0.5) is 0 Å². The Morgan fingerprint density at radius 2 is 1.18 bits per heavy atom. The molecule has 10 heteroatoms. The molecular weight excluding hydrogens is 251 g/mol. The Bertz CT molecular complexity index is 241. The number of hydrogen-bond acceptors (Lipinski definition) is 4. The number of carbonyl (C=O) groups is 3. The standard InChI is InChI=1S/C6H8O7.CH4.Na.2H2O.H/c7-3(8)1-6(13,5(11)12)2-4(9)10;;;;;/h13H,1-2H2,(H,7,8)(H,9,10)(H,11,12);1H4;;2*1H2;/q;;+1;;;-1. The molecule has 0 aromatic carbocycles. The van der Waals surface area contributed by atoms with E-state index in [9.17, 15) is 14.4 Å². The van der Waals surface area contributed by atoms with E-state index in [4.69, 9.17) is 20.4 Å². The van der Waals surface area contributed by atoms with Gasteiger partial charge in [-0.15, -0.1) is 0 Å². The van der Waals surface area contributed by atoms with Crippen molar-refractivity contribution in [2.75, 3.05) is 0 Å². The fraction of sp³-hybridized carbons (Fsp3) is 0.571. The van der Waals surface area contributed by atoms with Crippen LogP contribution in [0.1, 0.15) is 21.7 Å². The third-order valence-corrected chi connectivity index (χ3v) is 1.29. The van der Waals surface area contributed by atoms with Crippen LogP contribution < -0.4 is 29.6 Å². The quantitative estimate of drug-likeness (QED) is 0.357. The van der Waals surface area contributed by atoms with Crippen molar-refractivity contribution >= 4 is 17.9 Å². The molecule has 0 unspecified atom stereocenters. The number of carboxylic acids is 3. The van der Waals surface area contributed by atoms with Gasteiger partial charge in [-0.3, -0.25) is 9.59 Å². The summed E-state index contributed by atoms with van der Waals surface area (Å²) in [4.78, 5) is 30.5. The number of hydrogen-bond donors (Lipinski definition) is 4. The molecule has 0 amide bonds. The van der Waals surface area contributed by atoms with Gasteiger partial charge in [-0.2, -0.15) is 0 Å². The molecule has 0 radical (unpaired) electrons. The molecule has 0 aromatic rings. The smallest absolute Gasteiger partial charge is 1.00 e. The monoisotopic (exact) mass is 268 g/mol. The Labute approximate surface area is 120 Å². The van der Waals surface area contributed by atoms with Gasteiger partial charge in [0.15, 0.2) is 5.60 Å². The molecule has 0 aliphatic rings. The maximum Gasteiger partial charge on any atom is 1.00 e. The first-order valence-corrected chi connectivity index (χ1v) is 3.17. The Hall–Kier alpha value is -0.710. The van der Waals surface area contributed by atoms with Gasteiger partial charge in [-0.05, 0) is 0 Å². The molecule has 0 aliphatic carbocycles. The van der Waals surface area contributed by atoms with E-state index in [0.29, 0.717) is 0 Å². The van der Waals surface area contributed by atoms with Crippen molar-refractivity contribution in [1.29, 1.82) is 0 Å². The van der Waals surface area contributed by atoms with Gasteiger partial charge in [0.05, 0.1) is 12.8 Å². The summed E-state index contributed by atoms with van der Waals surface area (Å²) in [5, 5.41) is 33.8. The van der Waals surface area contributed by atoms with E-state index in [1.807, 2.05) is 0 Å². The zero-order chi connectivity index (χ0) is 10.6. The molecule has 0 aliphatic heterocycles. The first-order chi connectivity index (χ1) is 5.78. The van der Waals surface area contributed by atoms with Crippen LogP contribution in [0.2, 0.25) is 0 Å². The molecule has 0 heterocycles. The molecule has 0 aromatic heterocycles. The summed E-state index contributed by atoms with van der Waals surface area (Å²) in [6.45, 7) is 0. The average molecular weight is 268 g/mol. The minimum Gasteiger partial charge on any atom is -1.00 e. The van der Waals surface area contributed by atoms with Crippen LogP contribution in [0.3, 0.4) is 0 Å². The Morgan fingerprint density at radius 1 is 0.941 bits per heavy atom. The number of rotatable bonds is 5. The van der Waals surface area contributed by atoms with Crippen LogP contribution in [0.15, 0.2) is 0 Å².